The first-order chi connectivity index (χ1) is 17.5. The molecule has 1 saturated carbocycles. The van der Waals surface area contributed by atoms with Gasteiger partial charge in [-0.15, -0.1) is 0 Å². The number of carboxylic acids is 1. The third-order valence-electron chi connectivity index (χ3n) is 7.30. The summed E-state index contributed by atoms with van der Waals surface area (Å²) >= 11 is 0. The zero-order valence-electron chi connectivity index (χ0n) is 20.0. The number of nitrogen functional groups attached to an aromatic ring is 1. The maximum Gasteiger partial charge on any atom is 0.303 e. The number of rotatable bonds is 5. The molecular formula is C27H27N7O2. The summed E-state index contributed by atoms with van der Waals surface area (Å²) in [6.45, 7) is 0. The van der Waals surface area contributed by atoms with Crippen molar-refractivity contribution in [1.82, 2.24) is 29.4 Å². The van der Waals surface area contributed by atoms with Crippen LogP contribution in [0.4, 0.5) is 5.82 Å². The van der Waals surface area contributed by atoms with E-state index in [1.807, 2.05) is 43.7 Å². The summed E-state index contributed by atoms with van der Waals surface area (Å²) in [6.07, 6.45) is 11.1. The Morgan fingerprint density at radius 1 is 1.08 bits per heavy atom. The minimum atomic E-state index is -0.730. The van der Waals surface area contributed by atoms with E-state index in [1.54, 1.807) is 21.6 Å². The highest BCUT2D eigenvalue weighted by molar-refractivity contribution is 5.88. The van der Waals surface area contributed by atoms with Gasteiger partial charge in [-0.2, -0.15) is 14.7 Å². The molecule has 4 heterocycles. The molecule has 0 saturated heterocycles. The van der Waals surface area contributed by atoms with Crippen molar-refractivity contribution in [2.45, 2.75) is 38.0 Å². The van der Waals surface area contributed by atoms with Crippen LogP contribution in [0, 0.1) is 5.92 Å². The van der Waals surface area contributed by atoms with Gasteiger partial charge in [-0.05, 0) is 43.7 Å². The molecule has 0 atom stereocenters. The minimum Gasteiger partial charge on any atom is -0.481 e. The number of fused-ring (bicyclic) bond motifs is 2. The Labute approximate surface area is 207 Å². The van der Waals surface area contributed by atoms with E-state index in [0.717, 1.165) is 64.5 Å². The lowest BCUT2D eigenvalue weighted by Crippen LogP contribution is -2.19. The molecule has 1 fully saturated rings. The Balaban J connectivity index is 1.48. The molecule has 1 aliphatic rings. The first-order valence-corrected chi connectivity index (χ1v) is 12.2. The number of hydrogen-bond acceptors (Lipinski definition) is 6. The fourth-order valence-corrected chi connectivity index (χ4v) is 5.48. The summed E-state index contributed by atoms with van der Waals surface area (Å²) in [5.41, 5.74) is 12.9. The van der Waals surface area contributed by atoms with Crippen LogP contribution >= 0.6 is 0 Å². The summed E-state index contributed by atoms with van der Waals surface area (Å²) in [5, 5.41) is 19.2. The molecule has 1 aromatic carbocycles. The van der Waals surface area contributed by atoms with E-state index in [-0.39, 0.29) is 18.3 Å². The fourth-order valence-electron chi connectivity index (χ4n) is 5.48. The molecule has 182 valence electrons. The van der Waals surface area contributed by atoms with Crippen LogP contribution in [0.3, 0.4) is 0 Å². The highest BCUT2D eigenvalue weighted by Gasteiger charge is 2.29. The fraction of sp³-hybridized carbons (Fsp3) is 0.296. The molecule has 9 heteroatoms. The number of hydrogen-bond donors (Lipinski definition) is 2. The Bertz CT molecular complexity index is 1590. The lowest BCUT2D eigenvalue weighted by Gasteiger charge is -2.29. The van der Waals surface area contributed by atoms with Gasteiger partial charge in [-0.25, -0.2) is 4.98 Å². The number of benzene rings is 1. The molecule has 36 heavy (non-hydrogen) atoms. The van der Waals surface area contributed by atoms with E-state index in [2.05, 4.69) is 21.2 Å². The van der Waals surface area contributed by atoms with Gasteiger partial charge in [0.2, 0.25) is 0 Å². The molecule has 0 spiro atoms. The number of pyridine rings is 1. The first kappa shape index (κ1) is 22.2. The van der Waals surface area contributed by atoms with Gasteiger partial charge in [-0.3, -0.25) is 14.5 Å². The Morgan fingerprint density at radius 2 is 1.89 bits per heavy atom. The molecule has 5 aromatic rings. The van der Waals surface area contributed by atoms with Gasteiger partial charge in [0.15, 0.2) is 5.65 Å². The minimum absolute atomic E-state index is 0.176. The van der Waals surface area contributed by atoms with Crippen LogP contribution in [0.25, 0.3) is 38.8 Å². The molecule has 4 aromatic heterocycles. The average molecular weight is 482 g/mol. The zero-order chi connectivity index (χ0) is 24.8. The van der Waals surface area contributed by atoms with Crippen molar-refractivity contribution in [3.05, 3.63) is 60.8 Å². The van der Waals surface area contributed by atoms with Gasteiger partial charge in [0.1, 0.15) is 5.82 Å². The van der Waals surface area contributed by atoms with Gasteiger partial charge in [0.25, 0.3) is 0 Å². The van der Waals surface area contributed by atoms with Crippen molar-refractivity contribution in [2.24, 2.45) is 13.0 Å². The molecular weight excluding hydrogens is 454 g/mol. The Morgan fingerprint density at radius 3 is 2.64 bits per heavy atom. The summed E-state index contributed by atoms with van der Waals surface area (Å²) in [6, 6.07) is 10.1. The molecule has 6 rings (SSSR count). The number of anilines is 1. The molecule has 0 radical (unpaired) electrons. The van der Waals surface area contributed by atoms with E-state index in [1.165, 1.54) is 0 Å². The largest absolute Gasteiger partial charge is 0.481 e. The van der Waals surface area contributed by atoms with Crippen LogP contribution in [0.2, 0.25) is 0 Å². The molecule has 3 N–H and O–H groups in total. The summed E-state index contributed by atoms with van der Waals surface area (Å²) < 4.78 is 3.45. The zero-order valence-corrected chi connectivity index (χ0v) is 20.0. The molecule has 1 aliphatic carbocycles. The van der Waals surface area contributed by atoms with Crippen LogP contribution in [-0.4, -0.2) is 40.4 Å². The second kappa shape index (κ2) is 8.75. The molecule has 0 amide bonds. The van der Waals surface area contributed by atoms with Gasteiger partial charge >= 0.3 is 5.97 Å². The number of nitrogens with zero attached hydrogens (tertiary/aromatic N) is 6. The summed E-state index contributed by atoms with van der Waals surface area (Å²) in [4.78, 5) is 21.0. The highest BCUT2D eigenvalue weighted by atomic mass is 16.4. The van der Waals surface area contributed by atoms with Crippen molar-refractivity contribution >= 4 is 28.3 Å². The second-order valence-corrected chi connectivity index (χ2v) is 9.69. The number of carboxylic acid groups (broad SMARTS) is 1. The molecule has 0 unspecified atom stereocenters. The van der Waals surface area contributed by atoms with Crippen molar-refractivity contribution in [3.8, 4) is 22.3 Å². The quantitative estimate of drug-likeness (QED) is 0.374. The molecule has 0 bridgehead atoms. The van der Waals surface area contributed by atoms with E-state index in [0.29, 0.717) is 11.5 Å². The smallest absolute Gasteiger partial charge is 0.303 e. The van der Waals surface area contributed by atoms with Gasteiger partial charge in [0.05, 0.1) is 23.6 Å². The standard InChI is InChI=1S/C27H27N7O2/c1-33-15-20(13-30-33)24-25(17-8-6-16(7-9-17)10-23(35)36)32-27-21(14-31-34(27)26(24)28)19-11-18-4-2-3-5-22(18)29-12-19/h2-5,11-17H,6-10,28H2,1H3,(H,35,36). The van der Waals surface area contributed by atoms with E-state index in [4.69, 9.17) is 10.7 Å². The van der Waals surface area contributed by atoms with E-state index < -0.39 is 5.97 Å². The molecule has 0 aliphatic heterocycles. The predicted octanol–water partition coefficient (Wildman–Crippen LogP) is 4.68. The normalized spacial score (nSPS) is 18.1. The monoisotopic (exact) mass is 481 g/mol. The second-order valence-electron chi connectivity index (χ2n) is 9.69. The Kier molecular flexibility index (Phi) is 5.40. The average Bonchev–Trinajstić information content (AvgIpc) is 3.50. The number of carbonyl (C=O) groups is 1. The van der Waals surface area contributed by atoms with Crippen LogP contribution in [0.15, 0.2) is 55.1 Å². The lowest BCUT2D eigenvalue weighted by atomic mass is 9.78. The van der Waals surface area contributed by atoms with E-state index in [9.17, 15) is 9.90 Å². The summed E-state index contributed by atoms with van der Waals surface area (Å²) in [5.74, 6) is 0.174. The van der Waals surface area contributed by atoms with Gasteiger partial charge < -0.3 is 10.8 Å². The van der Waals surface area contributed by atoms with Crippen LogP contribution in [-0.2, 0) is 11.8 Å². The van der Waals surface area contributed by atoms with Crippen molar-refractivity contribution in [2.75, 3.05) is 5.73 Å². The van der Waals surface area contributed by atoms with Gasteiger partial charge in [0, 0.05) is 59.4 Å². The number of aliphatic carboxylic acids is 1. The summed E-state index contributed by atoms with van der Waals surface area (Å²) in [7, 11) is 1.88. The Hall–Kier alpha value is -4.27. The molecule has 9 nitrogen and oxygen atoms in total. The first-order valence-electron chi connectivity index (χ1n) is 12.2. The van der Waals surface area contributed by atoms with Crippen molar-refractivity contribution in [3.63, 3.8) is 0 Å². The number of para-hydroxylation sites is 1. The lowest BCUT2D eigenvalue weighted by molar-refractivity contribution is -0.138. The van der Waals surface area contributed by atoms with Crippen molar-refractivity contribution in [1.29, 1.82) is 0 Å². The van der Waals surface area contributed by atoms with Crippen LogP contribution in [0.1, 0.15) is 43.7 Å². The third kappa shape index (κ3) is 3.86. The maximum absolute atomic E-state index is 11.2. The third-order valence-corrected chi connectivity index (χ3v) is 7.30. The van der Waals surface area contributed by atoms with E-state index >= 15 is 0 Å². The number of nitrogens with two attached hydrogens (primary N) is 1. The predicted molar refractivity (Wildman–Crippen MR) is 137 cm³/mol. The SMILES string of the molecule is Cn1cc(-c2c(C3CCC(CC(=O)O)CC3)nc3c(-c4cnc5ccccc5c4)cnn3c2N)cn1. The topological polar surface area (TPSA) is 124 Å². The number of aromatic nitrogens is 6. The highest BCUT2D eigenvalue weighted by Crippen LogP contribution is 2.43. The van der Waals surface area contributed by atoms with Crippen LogP contribution < -0.4 is 5.73 Å². The van der Waals surface area contributed by atoms with Crippen molar-refractivity contribution < 1.29 is 9.90 Å². The van der Waals surface area contributed by atoms with Crippen LogP contribution in [0.5, 0.6) is 0 Å². The van der Waals surface area contributed by atoms with Gasteiger partial charge in [-0.1, -0.05) is 18.2 Å². The maximum atomic E-state index is 11.2. The number of aryl methyl sites for hydroxylation is 1.